The molecule has 1 heterocycles. The molecule has 1 amide bonds. The summed E-state index contributed by atoms with van der Waals surface area (Å²) in [4.78, 5) is 12.0. The summed E-state index contributed by atoms with van der Waals surface area (Å²) in [5, 5.41) is 2.18. The van der Waals surface area contributed by atoms with Crippen LogP contribution in [-0.2, 0) is 11.2 Å². The summed E-state index contributed by atoms with van der Waals surface area (Å²) in [6.07, 6.45) is 3.48. The quantitative estimate of drug-likeness (QED) is 0.617. The van der Waals surface area contributed by atoms with E-state index < -0.39 is 29.0 Å². The Balaban J connectivity index is 1.80. The Bertz CT molecular complexity index is 912. The Morgan fingerprint density at radius 3 is 2.70 bits per heavy atom. The van der Waals surface area contributed by atoms with Crippen molar-refractivity contribution in [2.45, 2.75) is 26.4 Å². The third-order valence-electron chi connectivity index (χ3n) is 4.01. The molecule has 0 aliphatic carbocycles. The lowest BCUT2D eigenvalue weighted by atomic mass is 10.1. The van der Waals surface area contributed by atoms with E-state index in [-0.39, 0.29) is 6.10 Å². The van der Waals surface area contributed by atoms with Crippen LogP contribution in [0.1, 0.15) is 25.0 Å². The second-order valence-corrected chi connectivity index (χ2v) is 6.13. The second kappa shape index (κ2) is 7.73. The third kappa shape index (κ3) is 4.24. The number of anilines is 1. The summed E-state index contributed by atoms with van der Waals surface area (Å²) in [7, 11) is 0. The lowest BCUT2D eigenvalue weighted by molar-refractivity contribution is -0.111. The van der Waals surface area contributed by atoms with E-state index in [1.165, 1.54) is 6.08 Å². The molecule has 3 rings (SSSR count). The number of amides is 1. The average Bonchev–Trinajstić information content (AvgIpc) is 2.97. The van der Waals surface area contributed by atoms with Crippen molar-refractivity contribution in [2.24, 2.45) is 0 Å². The van der Waals surface area contributed by atoms with Crippen LogP contribution in [0.3, 0.4) is 0 Å². The zero-order valence-corrected chi connectivity index (χ0v) is 14.8. The van der Waals surface area contributed by atoms with Gasteiger partial charge in [-0.25, -0.2) is 13.2 Å². The maximum absolute atomic E-state index is 13.6. The first-order valence-corrected chi connectivity index (χ1v) is 8.47. The van der Waals surface area contributed by atoms with Gasteiger partial charge in [-0.1, -0.05) is 0 Å². The molecule has 0 radical (unpaired) electrons. The molecule has 142 valence electrons. The van der Waals surface area contributed by atoms with E-state index in [4.69, 9.17) is 9.47 Å². The van der Waals surface area contributed by atoms with Crippen molar-refractivity contribution in [1.29, 1.82) is 0 Å². The van der Waals surface area contributed by atoms with Crippen LogP contribution < -0.4 is 14.8 Å². The van der Waals surface area contributed by atoms with Crippen LogP contribution in [0.2, 0.25) is 0 Å². The number of carbonyl (C=O) groups excluding carboxylic acids is 1. The average molecular weight is 377 g/mol. The number of hydrogen-bond acceptors (Lipinski definition) is 3. The van der Waals surface area contributed by atoms with Gasteiger partial charge in [-0.05, 0) is 32.1 Å². The van der Waals surface area contributed by atoms with E-state index in [0.29, 0.717) is 30.1 Å². The molecule has 1 unspecified atom stereocenters. The first-order chi connectivity index (χ1) is 12.9. The van der Waals surface area contributed by atoms with Gasteiger partial charge in [-0.15, -0.1) is 0 Å². The summed E-state index contributed by atoms with van der Waals surface area (Å²) in [5.41, 5.74) is 1.20. The van der Waals surface area contributed by atoms with Crippen LogP contribution in [0.25, 0.3) is 6.08 Å². The SMILES string of the molecule is CCOc1cc2c(cc1/C=C/C(=O)Nc1cc(F)c(F)cc1F)OC(C)C2. The van der Waals surface area contributed by atoms with Gasteiger partial charge < -0.3 is 14.8 Å². The van der Waals surface area contributed by atoms with Crippen LogP contribution in [0.5, 0.6) is 11.5 Å². The van der Waals surface area contributed by atoms with Gasteiger partial charge in [0, 0.05) is 35.8 Å². The molecule has 2 aromatic carbocycles. The molecular formula is C20H18F3NO3. The number of carbonyl (C=O) groups is 1. The normalized spacial score (nSPS) is 15.5. The zero-order chi connectivity index (χ0) is 19.6. The monoisotopic (exact) mass is 377 g/mol. The van der Waals surface area contributed by atoms with Gasteiger partial charge in [-0.3, -0.25) is 4.79 Å². The molecule has 4 nitrogen and oxygen atoms in total. The van der Waals surface area contributed by atoms with Crippen molar-refractivity contribution in [1.82, 2.24) is 0 Å². The van der Waals surface area contributed by atoms with Gasteiger partial charge in [0.05, 0.1) is 12.3 Å². The molecule has 0 bridgehead atoms. The minimum Gasteiger partial charge on any atom is -0.493 e. The molecule has 0 aromatic heterocycles. The van der Waals surface area contributed by atoms with Gasteiger partial charge in [-0.2, -0.15) is 0 Å². The fourth-order valence-electron chi connectivity index (χ4n) is 2.82. The van der Waals surface area contributed by atoms with Gasteiger partial charge in [0.2, 0.25) is 5.91 Å². The van der Waals surface area contributed by atoms with E-state index >= 15 is 0 Å². The predicted molar refractivity (Wildman–Crippen MR) is 95.4 cm³/mol. The Hall–Kier alpha value is -2.96. The largest absolute Gasteiger partial charge is 0.493 e. The molecule has 1 atom stereocenters. The molecule has 0 saturated heterocycles. The van der Waals surface area contributed by atoms with E-state index in [0.717, 1.165) is 23.8 Å². The van der Waals surface area contributed by atoms with E-state index in [1.54, 1.807) is 6.07 Å². The molecule has 7 heteroatoms. The molecule has 1 N–H and O–H groups in total. The van der Waals surface area contributed by atoms with Crippen molar-refractivity contribution in [3.63, 3.8) is 0 Å². The van der Waals surface area contributed by atoms with E-state index in [9.17, 15) is 18.0 Å². The minimum absolute atomic E-state index is 0.0633. The number of nitrogens with one attached hydrogen (secondary N) is 1. The van der Waals surface area contributed by atoms with Gasteiger partial charge in [0.1, 0.15) is 23.4 Å². The fourth-order valence-corrected chi connectivity index (χ4v) is 2.82. The van der Waals surface area contributed by atoms with Crippen LogP contribution in [0, 0.1) is 17.5 Å². The minimum atomic E-state index is -1.32. The summed E-state index contributed by atoms with van der Waals surface area (Å²) >= 11 is 0. The fraction of sp³-hybridized carbons (Fsp3) is 0.250. The third-order valence-corrected chi connectivity index (χ3v) is 4.01. The summed E-state index contributed by atoms with van der Waals surface area (Å²) in [5.74, 6) is -3.02. The number of ether oxygens (including phenoxy) is 2. The summed E-state index contributed by atoms with van der Waals surface area (Å²) < 4.78 is 51.1. The highest BCUT2D eigenvalue weighted by atomic mass is 19.2. The first-order valence-electron chi connectivity index (χ1n) is 8.47. The standard InChI is InChI=1S/C20H18F3NO3/c1-3-26-18-8-13-6-11(2)27-19(13)7-12(18)4-5-20(25)24-17-10-15(22)14(21)9-16(17)23/h4-5,7-11H,3,6H2,1-2H3,(H,24,25)/b5-4+. The highest BCUT2D eigenvalue weighted by Gasteiger charge is 2.21. The maximum Gasteiger partial charge on any atom is 0.248 e. The number of hydrogen-bond donors (Lipinski definition) is 1. The molecule has 0 fully saturated rings. The number of rotatable bonds is 5. The Labute approximate surface area is 154 Å². The lowest BCUT2D eigenvalue weighted by Gasteiger charge is -2.10. The van der Waals surface area contributed by atoms with Crippen LogP contribution in [-0.4, -0.2) is 18.6 Å². The van der Waals surface area contributed by atoms with Crippen LogP contribution in [0.4, 0.5) is 18.9 Å². The summed E-state index contributed by atoms with van der Waals surface area (Å²) in [6, 6.07) is 4.61. The Morgan fingerprint density at radius 1 is 1.22 bits per heavy atom. The Morgan fingerprint density at radius 2 is 1.96 bits per heavy atom. The molecule has 1 aliphatic rings. The highest BCUT2D eigenvalue weighted by molar-refractivity contribution is 6.02. The molecular weight excluding hydrogens is 359 g/mol. The van der Waals surface area contributed by atoms with E-state index in [2.05, 4.69) is 5.32 Å². The topological polar surface area (TPSA) is 47.6 Å². The molecule has 1 aliphatic heterocycles. The number of benzene rings is 2. The van der Waals surface area contributed by atoms with Gasteiger partial charge >= 0.3 is 0 Å². The summed E-state index contributed by atoms with van der Waals surface area (Å²) in [6.45, 7) is 4.25. The van der Waals surface area contributed by atoms with Gasteiger partial charge in [0.15, 0.2) is 11.6 Å². The van der Waals surface area contributed by atoms with Crippen molar-refractivity contribution in [3.05, 3.63) is 58.9 Å². The molecule has 0 spiro atoms. The number of halogens is 3. The smallest absolute Gasteiger partial charge is 0.248 e. The molecule has 0 saturated carbocycles. The first kappa shape index (κ1) is 18.8. The van der Waals surface area contributed by atoms with Crippen molar-refractivity contribution in [3.8, 4) is 11.5 Å². The van der Waals surface area contributed by atoms with Gasteiger partial charge in [0.25, 0.3) is 0 Å². The highest BCUT2D eigenvalue weighted by Crippen LogP contribution is 2.35. The second-order valence-electron chi connectivity index (χ2n) is 6.13. The number of fused-ring (bicyclic) bond motifs is 1. The predicted octanol–water partition coefficient (Wildman–Crippen LogP) is 4.48. The van der Waals surface area contributed by atoms with Crippen LogP contribution in [0.15, 0.2) is 30.3 Å². The molecule has 27 heavy (non-hydrogen) atoms. The van der Waals surface area contributed by atoms with E-state index in [1.807, 2.05) is 19.9 Å². The van der Waals surface area contributed by atoms with Crippen LogP contribution >= 0.6 is 0 Å². The maximum atomic E-state index is 13.6. The molecule has 2 aromatic rings. The lowest BCUT2D eigenvalue weighted by Crippen LogP contribution is -2.10. The van der Waals surface area contributed by atoms with Crippen molar-refractivity contribution >= 4 is 17.7 Å². The zero-order valence-electron chi connectivity index (χ0n) is 14.8. The van der Waals surface area contributed by atoms with Crippen molar-refractivity contribution in [2.75, 3.05) is 11.9 Å². The van der Waals surface area contributed by atoms with Crippen molar-refractivity contribution < 1.29 is 27.4 Å². The Kier molecular flexibility index (Phi) is 5.39.